The van der Waals surface area contributed by atoms with E-state index in [1.807, 2.05) is 12.3 Å². The molecule has 0 amide bonds. The Labute approximate surface area is 73.0 Å². The number of hydrogen-bond donors (Lipinski definition) is 2. The van der Waals surface area contributed by atoms with E-state index in [0.29, 0.717) is 0 Å². The third kappa shape index (κ3) is 2.50. The monoisotopic (exact) mass is 170 g/mol. The molecule has 2 nitrogen and oxygen atoms in total. The van der Waals surface area contributed by atoms with E-state index in [1.165, 1.54) is 5.82 Å². The van der Waals surface area contributed by atoms with Crippen LogP contribution in [0.15, 0.2) is 18.3 Å². The molecule has 0 radical (unpaired) electrons. The molecule has 0 aromatic carbocycles. The highest BCUT2D eigenvalue weighted by molar-refractivity contribution is 7.80. The van der Waals surface area contributed by atoms with Crippen LogP contribution in [0, 0.1) is 0 Å². The molecule has 3 heteroatoms. The van der Waals surface area contributed by atoms with Crippen molar-refractivity contribution in [1.82, 2.24) is 4.98 Å². The number of hydrogen-bond acceptors (Lipinski definition) is 2. The number of aromatic nitrogens is 1. The Morgan fingerprint density at radius 3 is 3.00 bits per heavy atom. The van der Waals surface area contributed by atoms with Crippen molar-refractivity contribution in [2.45, 2.75) is 6.42 Å². The van der Waals surface area contributed by atoms with Gasteiger partial charge in [0.25, 0.3) is 0 Å². The molecule has 1 heterocycles. The second-order valence-electron chi connectivity index (χ2n) is 2.55. The normalized spacial score (nSPS) is 10.0. The molecule has 0 aliphatic rings. The van der Waals surface area contributed by atoms with Gasteiger partial charge in [-0.05, 0) is 24.3 Å². The van der Waals surface area contributed by atoms with Gasteiger partial charge in [0.2, 0.25) is 0 Å². The SMILES string of the molecule is CN(CCCS)c1ccc[nH]1. The molecule has 0 bridgehead atoms. The van der Waals surface area contributed by atoms with Gasteiger partial charge in [0.05, 0.1) is 0 Å². The molecule has 0 spiro atoms. The summed E-state index contributed by atoms with van der Waals surface area (Å²) in [5.74, 6) is 2.12. The number of nitrogens with one attached hydrogen (secondary N) is 1. The number of thiol groups is 1. The van der Waals surface area contributed by atoms with Gasteiger partial charge in [-0.1, -0.05) is 0 Å². The van der Waals surface area contributed by atoms with Gasteiger partial charge < -0.3 is 9.88 Å². The first-order chi connectivity index (χ1) is 5.34. The van der Waals surface area contributed by atoms with E-state index in [9.17, 15) is 0 Å². The quantitative estimate of drug-likeness (QED) is 0.659. The average Bonchev–Trinajstić information content (AvgIpc) is 2.52. The number of nitrogens with zero attached hydrogens (tertiary/aromatic N) is 1. The molecule has 62 valence electrons. The van der Waals surface area contributed by atoms with E-state index in [4.69, 9.17) is 0 Å². The molecule has 0 saturated heterocycles. The molecule has 0 aliphatic heterocycles. The summed E-state index contributed by atoms with van der Waals surface area (Å²) in [7, 11) is 2.08. The van der Waals surface area contributed by atoms with Crippen molar-refractivity contribution < 1.29 is 0 Å². The van der Waals surface area contributed by atoms with Gasteiger partial charge >= 0.3 is 0 Å². The number of rotatable bonds is 4. The van der Waals surface area contributed by atoms with Crippen LogP contribution in [0.2, 0.25) is 0 Å². The summed E-state index contributed by atoms with van der Waals surface area (Å²) in [6.07, 6.45) is 3.06. The highest BCUT2D eigenvalue weighted by Crippen LogP contribution is 2.07. The van der Waals surface area contributed by atoms with Gasteiger partial charge in [-0.3, -0.25) is 0 Å². The van der Waals surface area contributed by atoms with Crippen molar-refractivity contribution in [3.05, 3.63) is 18.3 Å². The van der Waals surface area contributed by atoms with Crippen LogP contribution in [0.1, 0.15) is 6.42 Å². The van der Waals surface area contributed by atoms with E-state index in [2.05, 4.69) is 35.6 Å². The maximum absolute atomic E-state index is 4.16. The molecule has 1 aromatic rings. The zero-order valence-corrected chi connectivity index (χ0v) is 7.64. The van der Waals surface area contributed by atoms with E-state index >= 15 is 0 Å². The van der Waals surface area contributed by atoms with Crippen molar-refractivity contribution in [2.24, 2.45) is 0 Å². The highest BCUT2D eigenvalue weighted by atomic mass is 32.1. The lowest BCUT2D eigenvalue weighted by atomic mass is 10.4. The minimum Gasteiger partial charge on any atom is -0.361 e. The first kappa shape index (κ1) is 8.53. The van der Waals surface area contributed by atoms with E-state index in [1.54, 1.807) is 0 Å². The molecule has 11 heavy (non-hydrogen) atoms. The third-order valence-electron chi connectivity index (χ3n) is 1.64. The predicted octanol–water partition coefficient (Wildman–Crippen LogP) is 1.77. The molecule has 1 rings (SSSR count). The fourth-order valence-electron chi connectivity index (χ4n) is 0.987. The maximum atomic E-state index is 4.16. The van der Waals surface area contributed by atoms with Gasteiger partial charge in [-0.2, -0.15) is 12.6 Å². The summed E-state index contributed by atoms with van der Waals surface area (Å²) in [6.45, 7) is 1.06. The minimum atomic E-state index is 0.949. The Kier molecular flexibility index (Phi) is 3.36. The van der Waals surface area contributed by atoms with E-state index in [-0.39, 0.29) is 0 Å². The third-order valence-corrected chi connectivity index (χ3v) is 1.96. The van der Waals surface area contributed by atoms with Crippen LogP contribution in [-0.4, -0.2) is 24.3 Å². The summed E-state index contributed by atoms with van der Waals surface area (Å²) in [6, 6.07) is 4.07. The van der Waals surface area contributed by atoms with Crippen molar-refractivity contribution in [1.29, 1.82) is 0 Å². The first-order valence-electron chi connectivity index (χ1n) is 3.80. The smallest absolute Gasteiger partial charge is 0.105 e. The largest absolute Gasteiger partial charge is 0.361 e. The minimum absolute atomic E-state index is 0.949. The molecule has 0 aliphatic carbocycles. The van der Waals surface area contributed by atoms with Crippen LogP contribution >= 0.6 is 12.6 Å². The first-order valence-corrected chi connectivity index (χ1v) is 4.43. The van der Waals surface area contributed by atoms with Crippen LogP contribution in [0.3, 0.4) is 0 Å². The summed E-state index contributed by atoms with van der Waals surface area (Å²) < 4.78 is 0. The maximum Gasteiger partial charge on any atom is 0.105 e. The Morgan fingerprint density at radius 2 is 2.45 bits per heavy atom. The molecular formula is C8H14N2S. The molecule has 0 saturated carbocycles. The lowest BCUT2D eigenvalue weighted by Gasteiger charge is -2.15. The fourth-order valence-corrected chi connectivity index (χ4v) is 1.13. The van der Waals surface area contributed by atoms with Crippen molar-refractivity contribution in [3.8, 4) is 0 Å². The average molecular weight is 170 g/mol. The standard InChI is InChI=1S/C8H14N2S/c1-10(6-3-7-11)8-4-2-5-9-8/h2,4-5,9,11H,3,6-7H2,1H3. The van der Waals surface area contributed by atoms with Crippen LogP contribution < -0.4 is 4.90 Å². The lowest BCUT2D eigenvalue weighted by Crippen LogP contribution is -2.18. The molecule has 0 unspecified atom stereocenters. The van der Waals surface area contributed by atoms with Crippen molar-refractivity contribution >= 4 is 18.4 Å². The topological polar surface area (TPSA) is 19.0 Å². The second-order valence-corrected chi connectivity index (χ2v) is 3.00. The summed E-state index contributed by atoms with van der Waals surface area (Å²) >= 11 is 4.16. The van der Waals surface area contributed by atoms with Crippen LogP contribution in [0.25, 0.3) is 0 Å². The molecule has 0 fully saturated rings. The molecule has 1 N–H and O–H groups in total. The lowest BCUT2D eigenvalue weighted by molar-refractivity contribution is 0.849. The number of anilines is 1. The van der Waals surface area contributed by atoms with Gasteiger partial charge in [0, 0.05) is 19.8 Å². The summed E-state index contributed by atoms with van der Waals surface area (Å²) in [5.41, 5.74) is 0. The Morgan fingerprint density at radius 1 is 1.64 bits per heavy atom. The van der Waals surface area contributed by atoms with Gasteiger partial charge in [0.1, 0.15) is 5.82 Å². The predicted molar refractivity (Wildman–Crippen MR) is 52.5 cm³/mol. The van der Waals surface area contributed by atoms with Crippen LogP contribution in [0.4, 0.5) is 5.82 Å². The van der Waals surface area contributed by atoms with Crippen LogP contribution in [-0.2, 0) is 0 Å². The van der Waals surface area contributed by atoms with Crippen molar-refractivity contribution in [2.75, 3.05) is 24.2 Å². The van der Waals surface area contributed by atoms with Gasteiger partial charge in [0.15, 0.2) is 0 Å². The summed E-state index contributed by atoms with van der Waals surface area (Å²) in [4.78, 5) is 5.34. The number of H-pyrrole nitrogens is 1. The Hall–Kier alpha value is -0.570. The Balaban J connectivity index is 2.36. The van der Waals surface area contributed by atoms with Crippen LogP contribution in [0.5, 0.6) is 0 Å². The zero-order valence-electron chi connectivity index (χ0n) is 6.75. The Bertz CT molecular complexity index is 184. The van der Waals surface area contributed by atoms with Gasteiger partial charge in [-0.25, -0.2) is 0 Å². The second kappa shape index (κ2) is 4.34. The summed E-state index contributed by atoms with van der Waals surface area (Å²) in [5, 5.41) is 0. The van der Waals surface area contributed by atoms with Gasteiger partial charge in [-0.15, -0.1) is 0 Å². The molecule has 1 aromatic heterocycles. The molecular weight excluding hydrogens is 156 g/mol. The fraction of sp³-hybridized carbons (Fsp3) is 0.500. The molecule has 0 atom stereocenters. The van der Waals surface area contributed by atoms with E-state index < -0.39 is 0 Å². The number of aromatic amines is 1. The zero-order chi connectivity index (χ0) is 8.10. The van der Waals surface area contributed by atoms with Crippen molar-refractivity contribution in [3.63, 3.8) is 0 Å². The van der Waals surface area contributed by atoms with E-state index in [0.717, 1.165) is 18.7 Å². The highest BCUT2D eigenvalue weighted by Gasteiger charge is 1.97.